The van der Waals surface area contributed by atoms with Gasteiger partial charge in [0.25, 0.3) is 5.91 Å². The Labute approximate surface area is 147 Å². The van der Waals surface area contributed by atoms with Gasteiger partial charge in [0.1, 0.15) is 5.75 Å². The van der Waals surface area contributed by atoms with Crippen molar-refractivity contribution in [1.82, 2.24) is 4.90 Å². The van der Waals surface area contributed by atoms with Gasteiger partial charge in [-0.05, 0) is 42.7 Å². The third kappa shape index (κ3) is 4.29. The number of hydrogen-bond acceptors (Lipinski definition) is 4. The summed E-state index contributed by atoms with van der Waals surface area (Å²) in [6.45, 7) is 3.37. The van der Waals surface area contributed by atoms with Gasteiger partial charge in [-0.15, -0.1) is 0 Å². The molecule has 0 aromatic heterocycles. The molecule has 0 N–H and O–H groups in total. The molecule has 25 heavy (non-hydrogen) atoms. The minimum Gasteiger partial charge on any atom is -0.484 e. The topological polar surface area (TPSA) is 55.8 Å². The van der Waals surface area contributed by atoms with E-state index in [0.717, 1.165) is 10.8 Å². The van der Waals surface area contributed by atoms with E-state index < -0.39 is 0 Å². The molecular weight excluding hydrogens is 318 g/mol. The standard InChI is InChI=1S/C20H23NO4/c1-2-24-20(23)16-9-11-21(12-10-16)19(22)14-25-18-8-7-15-5-3-4-6-17(15)13-18/h3-8,13,16H,2,9-12,14H2,1H3. The number of fused-ring (bicyclic) bond motifs is 1. The summed E-state index contributed by atoms with van der Waals surface area (Å²) in [5.74, 6) is 0.399. The third-order valence-corrected chi connectivity index (χ3v) is 4.55. The van der Waals surface area contributed by atoms with Crippen molar-refractivity contribution in [1.29, 1.82) is 0 Å². The molecule has 1 saturated heterocycles. The first-order valence-corrected chi connectivity index (χ1v) is 8.73. The predicted molar refractivity (Wildman–Crippen MR) is 95.4 cm³/mol. The van der Waals surface area contributed by atoms with Gasteiger partial charge in [-0.1, -0.05) is 30.3 Å². The Balaban J connectivity index is 1.50. The molecule has 1 amide bonds. The summed E-state index contributed by atoms with van der Waals surface area (Å²) in [6, 6.07) is 13.8. The predicted octanol–water partition coefficient (Wildman–Crippen LogP) is 3.02. The zero-order valence-corrected chi connectivity index (χ0v) is 14.4. The van der Waals surface area contributed by atoms with Crippen molar-refractivity contribution >= 4 is 22.6 Å². The summed E-state index contributed by atoms with van der Waals surface area (Å²) in [6.07, 6.45) is 1.31. The molecule has 0 radical (unpaired) electrons. The number of amides is 1. The molecule has 2 aromatic rings. The summed E-state index contributed by atoms with van der Waals surface area (Å²) in [5.41, 5.74) is 0. The van der Waals surface area contributed by atoms with Crippen LogP contribution in [-0.2, 0) is 14.3 Å². The minimum atomic E-state index is -0.151. The Morgan fingerprint density at radius 2 is 1.80 bits per heavy atom. The molecule has 132 valence electrons. The maximum absolute atomic E-state index is 12.3. The average molecular weight is 341 g/mol. The summed E-state index contributed by atoms with van der Waals surface area (Å²) in [5, 5.41) is 2.23. The van der Waals surface area contributed by atoms with Gasteiger partial charge in [-0.25, -0.2) is 0 Å². The number of rotatable bonds is 5. The molecule has 3 rings (SSSR count). The monoisotopic (exact) mass is 341 g/mol. The van der Waals surface area contributed by atoms with Crippen LogP contribution in [-0.4, -0.2) is 43.1 Å². The van der Waals surface area contributed by atoms with Crippen LogP contribution in [0.25, 0.3) is 10.8 Å². The lowest BCUT2D eigenvalue weighted by Crippen LogP contribution is -2.42. The fraction of sp³-hybridized carbons (Fsp3) is 0.400. The molecule has 1 aliphatic rings. The Morgan fingerprint density at radius 1 is 1.08 bits per heavy atom. The quantitative estimate of drug-likeness (QED) is 0.785. The number of esters is 1. The van der Waals surface area contributed by atoms with Crippen LogP contribution in [0.2, 0.25) is 0 Å². The van der Waals surface area contributed by atoms with Gasteiger partial charge < -0.3 is 14.4 Å². The van der Waals surface area contributed by atoms with Gasteiger partial charge in [-0.2, -0.15) is 0 Å². The Morgan fingerprint density at radius 3 is 2.52 bits per heavy atom. The molecule has 0 aliphatic carbocycles. The maximum atomic E-state index is 12.3. The van der Waals surface area contributed by atoms with Crippen LogP contribution in [0, 0.1) is 5.92 Å². The molecule has 1 aliphatic heterocycles. The van der Waals surface area contributed by atoms with Gasteiger partial charge >= 0.3 is 5.97 Å². The number of carbonyl (C=O) groups is 2. The number of likely N-dealkylation sites (tertiary alicyclic amines) is 1. The first-order valence-electron chi connectivity index (χ1n) is 8.73. The maximum Gasteiger partial charge on any atom is 0.309 e. The molecule has 1 fully saturated rings. The summed E-state index contributed by atoms with van der Waals surface area (Å²) in [7, 11) is 0. The number of nitrogens with zero attached hydrogens (tertiary/aromatic N) is 1. The highest BCUT2D eigenvalue weighted by Gasteiger charge is 2.28. The SMILES string of the molecule is CCOC(=O)C1CCN(C(=O)COc2ccc3ccccc3c2)CC1. The first-order chi connectivity index (χ1) is 12.2. The minimum absolute atomic E-state index is 0.0163. The van der Waals surface area contributed by atoms with E-state index >= 15 is 0 Å². The van der Waals surface area contributed by atoms with Crippen LogP contribution in [0.4, 0.5) is 0 Å². The second-order valence-corrected chi connectivity index (χ2v) is 6.20. The number of ether oxygens (including phenoxy) is 2. The summed E-state index contributed by atoms with van der Waals surface area (Å²) < 4.78 is 10.7. The average Bonchev–Trinajstić information content (AvgIpc) is 2.66. The van der Waals surface area contributed by atoms with Gasteiger partial charge in [0, 0.05) is 13.1 Å². The Bertz CT molecular complexity index is 750. The Hall–Kier alpha value is -2.56. The van der Waals surface area contributed by atoms with E-state index in [1.807, 2.05) is 42.5 Å². The van der Waals surface area contributed by atoms with Gasteiger partial charge in [0.2, 0.25) is 0 Å². The normalized spacial score (nSPS) is 15.2. The van der Waals surface area contributed by atoms with Crippen molar-refractivity contribution < 1.29 is 19.1 Å². The van der Waals surface area contributed by atoms with Gasteiger partial charge in [0.15, 0.2) is 6.61 Å². The largest absolute Gasteiger partial charge is 0.484 e. The second kappa shape index (κ2) is 8.01. The molecule has 0 spiro atoms. The van der Waals surface area contributed by atoms with E-state index in [0.29, 0.717) is 38.3 Å². The van der Waals surface area contributed by atoms with Gasteiger partial charge in [-0.3, -0.25) is 9.59 Å². The molecule has 0 bridgehead atoms. The zero-order chi connectivity index (χ0) is 17.6. The van der Waals surface area contributed by atoms with Crippen molar-refractivity contribution in [2.45, 2.75) is 19.8 Å². The van der Waals surface area contributed by atoms with Crippen molar-refractivity contribution in [3.8, 4) is 5.75 Å². The Kier molecular flexibility index (Phi) is 5.53. The lowest BCUT2D eigenvalue weighted by Gasteiger charge is -2.30. The summed E-state index contributed by atoms with van der Waals surface area (Å²) in [4.78, 5) is 25.8. The molecule has 5 heteroatoms. The van der Waals surface area contributed by atoms with E-state index in [1.165, 1.54) is 0 Å². The van der Waals surface area contributed by atoms with Crippen LogP contribution in [0.3, 0.4) is 0 Å². The van der Waals surface area contributed by atoms with Crippen molar-refractivity contribution in [2.75, 3.05) is 26.3 Å². The second-order valence-electron chi connectivity index (χ2n) is 6.20. The summed E-state index contributed by atoms with van der Waals surface area (Å²) >= 11 is 0. The van der Waals surface area contributed by atoms with E-state index in [-0.39, 0.29) is 24.4 Å². The van der Waals surface area contributed by atoms with Gasteiger partial charge in [0.05, 0.1) is 12.5 Å². The third-order valence-electron chi connectivity index (χ3n) is 4.55. The number of benzene rings is 2. The van der Waals surface area contributed by atoms with Crippen molar-refractivity contribution in [3.63, 3.8) is 0 Å². The van der Waals surface area contributed by atoms with Crippen LogP contribution < -0.4 is 4.74 Å². The van der Waals surface area contributed by atoms with E-state index in [1.54, 1.807) is 11.8 Å². The smallest absolute Gasteiger partial charge is 0.309 e. The molecule has 0 unspecified atom stereocenters. The van der Waals surface area contributed by atoms with Crippen LogP contribution in [0.1, 0.15) is 19.8 Å². The van der Waals surface area contributed by atoms with Crippen LogP contribution in [0.15, 0.2) is 42.5 Å². The number of hydrogen-bond donors (Lipinski definition) is 0. The highest BCUT2D eigenvalue weighted by molar-refractivity contribution is 5.84. The molecule has 1 heterocycles. The molecule has 5 nitrogen and oxygen atoms in total. The lowest BCUT2D eigenvalue weighted by atomic mass is 9.97. The zero-order valence-electron chi connectivity index (χ0n) is 14.4. The highest BCUT2D eigenvalue weighted by Crippen LogP contribution is 2.21. The lowest BCUT2D eigenvalue weighted by molar-refractivity contribution is -0.151. The fourth-order valence-electron chi connectivity index (χ4n) is 3.12. The fourth-order valence-corrected chi connectivity index (χ4v) is 3.12. The molecular formula is C20H23NO4. The van der Waals surface area contributed by atoms with Crippen molar-refractivity contribution in [3.05, 3.63) is 42.5 Å². The molecule has 2 aromatic carbocycles. The van der Waals surface area contributed by atoms with E-state index in [4.69, 9.17) is 9.47 Å². The van der Waals surface area contributed by atoms with Crippen LogP contribution in [0.5, 0.6) is 5.75 Å². The molecule has 0 atom stereocenters. The van der Waals surface area contributed by atoms with Crippen LogP contribution >= 0.6 is 0 Å². The number of carbonyl (C=O) groups excluding carboxylic acids is 2. The van der Waals surface area contributed by atoms with E-state index in [2.05, 4.69) is 0 Å². The van der Waals surface area contributed by atoms with E-state index in [9.17, 15) is 9.59 Å². The molecule has 0 saturated carbocycles. The first kappa shape index (κ1) is 17.3. The van der Waals surface area contributed by atoms with Crippen molar-refractivity contribution in [2.24, 2.45) is 5.92 Å². The highest BCUT2D eigenvalue weighted by atomic mass is 16.5. The number of piperidine rings is 1.